The van der Waals surface area contributed by atoms with Gasteiger partial charge in [-0.25, -0.2) is 10.2 Å². The molecule has 1 aromatic heterocycles. The van der Waals surface area contributed by atoms with Gasteiger partial charge in [-0.2, -0.15) is 5.10 Å². The number of nitrogens with zero attached hydrogens (tertiary/aromatic N) is 1. The minimum Gasteiger partial charge on any atom is -0.464 e. The average Bonchev–Trinajstić information content (AvgIpc) is 2.51. The number of rotatable bonds is 2. The molecule has 0 aromatic carbocycles. The molecule has 1 aromatic rings. The van der Waals surface area contributed by atoms with Crippen LogP contribution in [0, 0.1) is 0 Å². The van der Waals surface area contributed by atoms with Crippen molar-refractivity contribution in [1.82, 2.24) is 5.43 Å². The van der Waals surface area contributed by atoms with Crippen LogP contribution in [0.15, 0.2) is 27.9 Å². The van der Waals surface area contributed by atoms with Crippen LogP contribution in [0.2, 0.25) is 0 Å². The van der Waals surface area contributed by atoms with Crippen LogP contribution in [0.5, 0.6) is 0 Å². The third kappa shape index (κ3) is 2.12. The normalized spacial score (nSPS) is 11.2. The van der Waals surface area contributed by atoms with Gasteiger partial charge in [0.15, 0.2) is 0 Å². The molecule has 5 nitrogen and oxygen atoms in total. The van der Waals surface area contributed by atoms with Gasteiger partial charge in [-0.1, -0.05) is 0 Å². The summed E-state index contributed by atoms with van der Waals surface area (Å²) in [5.74, 6) is 0.545. The van der Waals surface area contributed by atoms with Gasteiger partial charge >= 0.3 is 6.09 Å². The van der Waals surface area contributed by atoms with Crippen LogP contribution in [-0.2, 0) is 0 Å². The third-order valence-electron chi connectivity index (χ3n) is 1.20. The van der Waals surface area contributed by atoms with Crippen LogP contribution >= 0.6 is 0 Å². The lowest BCUT2D eigenvalue weighted by Gasteiger charge is -1.94. The summed E-state index contributed by atoms with van der Waals surface area (Å²) in [7, 11) is 0. The maximum Gasteiger partial charge on any atom is 0.425 e. The zero-order valence-corrected chi connectivity index (χ0v) is 6.44. The molecule has 0 aliphatic rings. The van der Waals surface area contributed by atoms with Gasteiger partial charge in [0.05, 0.1) is 6.26 Å². The second-order valence-electron chi connectivity index (χ2n) is 2.09. The fourth-order valence-electron chi connectivity index (χ4n) is 0.671. The first-order valence-electron chi connectivity index (χ1n) is 3.27. The minimum absolute atomic E-state index is 0.488. The molecule has 0 atom stereocenters. The Morgan fingerprint density at radius 1 is 1.75 bits per heavy atom. The van der Waals surface area contributed by atoms with Crippen molar-refractivity contribution in [3.05, 3.63) is 24.2 Å². The highest BCUT2D eigenvalue weighted by Crippen LogP contribution is 2.00. The van der Waals surface area contributed by atoms with Crippen LogP contribution in [0.1, 0.15) is 12.7 Å². The van der Waals surface area contributed by atoms with Crippen molar-refractivity contribution >= 4 is 11.8 Å². The molecule has 0 radical (unpaired) electrons. The number of furan rings is 1. The maximum atomic E-state index is 10.0. The van der Waals surface area contributed by atoms with Crippen LogP contribution in [-0.4, -0.2) is 16.9 Å². The molecule has 0 aliphatic heterocycles. The summed E-state index contributed by atoms with van der Waals surface area (Å²) in [4.78, 5) is 10.0. The molecule has 2 N–H and O–H groups in total. The lowest BCUT2D eigenvalue weighted by molar-refractivity contribution is 0.195. The number of hydrogen-bond donors (Lipinski definition) is 2. The fraction of sp³-hybridized carbons (Fsp3) is 0.143. The first-order valence-corrected chi connectivity index (χ1v) is 3.27. The summed E-state index contributed by atoms with van der Waals surface area (Å²) in [6.45, 7) is 1.65. The van der Waals surface area contributed by atoms with Crippen molar-refractivity contribution in [1.29, 1.82) is 0 Å². The molecule has 0 aliphatic carbocycles. The quantitative estimate of drug-likeness (QED) is 0.515. The van der Waals surface area contributed by atoms with E-state index in [0.29, 0.717) is 11.5 Å². The van der Waals surface area contributed by atoms with Crippen LogP contribution in [0.25, 0.3) is 0 Å². The minimum atomic E-state index is -1.19. The van der Waals surface area contributed by atoms with Gasteiger partial charge in [0, 0.05) is 0 Å². The third-order valence-corrected chi connectivity index (χ3v) is 1.20. The molecule has 1 rings (SSSR count). The molecular formula is C7H8N2O3. The molecule has 0 saturated heterocycles. The van der Waals surface area contributed by atoms with E-state index in [1.807, 2.05) is 5.43 Å². The van der Waals surface area contributed by atoms with Gasteiger partial charge in [-0.05, 0) is 19.1 Å². The average molecular weight is 168 g/mol. The van der Waals surface area contributed by atoms with Crippen molar-refractivity contribution in [3.63, 3.8) is 0 Å². The highest BCUT2D eigenvalue weighted by molar-refractivity contribution is 5.96. The Morgan fingerprint density at radius 2 is 2.50 bits per heavy atom. The predicted molar refractivity (Wildman–Crippen MR) is 42.1 cm³/mol. The van der Waals surface area contributed by atoms with Crippen molar-refractivity contribution < 1.29 is 14.3 Å². The largest absolute Gasteiger partial charge is 0.464 e. The number of hydrazone groups is 1. The van der Waals surface area contributed by atoms with Crippen molar-refractivity contribution in [2.45, 2.75) is 6.92 Å². The monoisotopic (exact) mass is 168 g/mol. The van der Waals surface area contributed by atoms with Crippen molar-refractivity contribution in [2.75, 3.05) is 0 Å². The Bertz CT molecular complexity index is 290. The van der Waals surface area contributed by atoms with E-state index in [0.717, 1.165) is 0 Å². The predicted octanol–water partition coefficient (Wildman–Crippen LogP) is 1.27. The maximum absolute atomic E-state index is 10.0. The molecule has 64 valence electrons. The van der Waals surface area contributed by atoms with Gasteiger partial charge < -0.3 is 9.52 Å². The van der Waals surface area contributed by atoms with E-state index in [1.54, 1.807) is 19.1 Å². The summed E-state index contributed by atoms with van der Waals surface area (Å²) < 4.78 is 4.96. The van der Waals surface area contributed by atoms with E-state index in [-0.39, 0.29) is 0 Å². The lowest BCUT2D eigenvalue weighted by Crippen LogP contribution is -2.15. The van der Waals surface area contributed by atoms with E-state index in [9.17, 15) is 4.79 Å². The van der Waals surface area contributed by atoms with Crippen molar-refractivity contribution in [2.24, 2.45) is 5.10 Å². The Labute approximate surface area is 68.7 Å². The highest BCUT2D eigenvalue weighted by Gasteiger charge is 1.99. The number of hydrogen-bond acceptors (Lipinski definition) is 3. The summed E-state index contributed by atoms with van der Waals surface area (Å²) in [6.07, 6.45) is 0.302. The number of nitrogens with one attached hydrogen (secondary N) is 1. The topological polar surface area (TPSA) is 74.8 Å². The smallest absolute Gasteiger partial charge is 0.425 e. The van der Waals surface area contributed by atoms with Crippen LogP contribution in [0.4, 0.5) is 4.79 Å². The summed E-state index contributed by atoms with van der Waals surface area (Å²) in [6, 6.07) is 3.40. The van der Waals surface area contributed by atoms with Gasteiger partial charge in [-0.15, -0.1) is 0 Å². The second kappa shape index (κ2) is 3.56. The number of amides is 1. The van der Waals surface area contributed by atoms with E-state index in [4.69, 9.17) is 9.52 Å². The zero-order valence-electron chi connectivity index (χ0n) is 6.44. The first kappa shape index (κ1) is 8.32. The van der Waals surface area contributed by atoms with Crippen molar-refractivity contribution in [3.8, 4) is 0 Å². The molecule has 1 amide bonds. The Balaban J connectivity index is 2.65. The van der Waals surface area contributed by atoms with E-state index < -0.39 is 6.09 Å². The van der Waals surface area contributed by atoms with E-state index >= 15 is 0 Å². The molecule has 0 bridgehead atoms. The van der Waals surface area contributed by atoms with Gasteiger partial charge in [-0.3, -0.25) is 0 Å². The molecule has 12 heavy (non-hydrogen) atoms. The standard InChI is InChI=1S/C7H8N2O3/c1-5(8-9-7(10)11)6-3-2-4-12-6/h2-4,9H,1H3,(H,10,11). The molecule has 1 heterocycles. The Kier molecular flexibility index (Phi) is 2.47. The Hall–Kier alpha value is -1.78. The lowest BCUT2D eigenvalue weighted by atomic mass is 10.3. The van der Waals surface area contributed by atoms with Gasteiger partial charge in [0.1, 0.15) is 11.5 Å². The first-order chi connectivity index (χ1) is 5.70. The highest BCUT2D eigenvalue weighted by atomic mass is 16.4. The number of carbonyl (C=O) groups is 1. The molecular weight excluding hydrogens is 160 g/mol. The van der Waals surface area contributed by atoms with Crippen LogP contribution < -0.4 is 5.43 Å². The van der Waals surface area contributed by atoms with Gasteiger partial charge in [0.25, 0.3) is 0 Å². The van der Waals surface area contributed by atoms with Gasteiger partial charge in [0.2, 0.25) is 0 Å². The summed E-state index contributed by atoms with van der Waals surface area (Å²) in [5, 5.41) is 11.8. The summed E-state index contributed by atoms with van der Waals surface area (Å²) >= 11 is 0. The van der Waals surface area contributed by atoms with Crippen LogP contribution in [0.3, 0.4) is 0 Å². The fourth-order valence-corrected chi connectivity index (χ4v) is 0.671. The zero-order chi connectivity index (χ0) is 8.97. The SMILES string of the molecule is CC(=NNC(=O)O)c1ccco1. The van der Waals surface area contributed by atoms with E-state index in [2.05, 4.69) is 5.10 Å². The second-order valence-corrected chi connectivity index (χ2v) is 2.09. The molecule has 5 heteroatoms. The van der Waals surface area contributed by atoms with E-state index in [1.165, 1.54) is 6.26 Å². The Morgan fingerprint density at radius 3 is 3.00 bits per heavy atom. The molecule has 0 saturated carbocycles. The molecule has 0 unspecified atom stereocenters. The number of carboxylic acid groups (broad SMARTS) is 1. The molecule has 0 fully saturated rings. The molecule has 0 spiro atoms. The summed E-state index contributed by atoms with van der Waals surface area (Å²) in [5.41, 5.74) is 2.37.